The number of carbonyl (C=O) groups excluding carboxylic acids is 1. The largest absolute Gasteiger partial charge is 0.465 e. The number of ether oxygens (including phenoxy) is 2. The Balaban J connectivity index is 2.15. The zero-order valence-electron chi connectivity index (χ0n) is 17.6. The van der Waals surface area contributed by atoms with Crippen LogP contribution in [0.5, 0.6) is 0 Å². The number of carbonyl (C=O) groups is 1. The number of nitrogens with one attached hydrogen (secondary N) is 2. The predicted octanol–water partition coefficient (Wildman–Crippen LogP) is -0.434. The fourth-order valence-corrected chi connectivity index (χ4v) is 3.89. The van der Waals surface area contributed by atoms with Gasteiger partial charge in [0.1, 0.15) is 30.5 Å². The van der Waals surface area contributed by atoms with E-state index in [0.29, 0.717) is 44.0 Å². The minimum absolute atomic E-state index is 0.178. The third kappa shape index (κ3) is 4.47. The molecule has 30 heavy (non-hydrogen) atoms. The molecule has 0 radical (unpaired) electrons. The first-order valence-electron chi connectivity index (χ1n) is 10.1. The molecular formula is C21H29N4O5+. The summed E-state index contributed by atoms with van der Waals surface area (Å²) < 4.78 is 11.7. The van der Waals surface area contributed by atoms with E-state index in [1.165, 1.54) is 11.7 Å². The lowest BCUT2D eigenvalue weighted by atomic mass is 9.96. The number of nitrogen functional groups attached to an aromatic ring is 1. The van der Waals surface area contributed by atoms with Crippen LogP contribution in [0.2, 0.25) is 0 Å². The van der Waals surface area contributed by atoms with Crippen molar-refractivity contribution < 1.29 is 19.2 Å². The molecule has 1 saturated heterocycles. The molecule has 0 unspecified atom stereocenters. The maximum atomic E-state index is 12.9. The molecule has 0 aliphatic carbocycles. The number of esters is 1. The van der Waals surface area contributed by atoms with E-state index in [2.05, 4.69) is 4.98 Å². The van der Waals surface area contributed by atoms with Crippen molar-refractivity contribution in [3.05, 3.63) is 61.8 Å². The lowest BCUT2D eigenvalue weighted by molar-refractivity contribution is -0.933. The number of morpholine rings is 1. The molecule has 3 rings (SSSR count). The van der Waals surface area contributed by atoms with Gasteiger partial charge in [-0.15, -0.1) is 0 Å². The Kier molecular flexibility index (Phi) is 6.73. The molecule has 0 bridgehead atoms. The molecule has 0 amide bonds. The van der Waals surface area contributed by atoms with Crippen molar-refractivity contribution in [1.82, 2.24) is 9.55 Å². The van der Waals surface area contributed by atoms with Crippen molar-refractivity contribution in [2.45, 2.75) is 26.4 Å². The normalized spacial score (nSPS) is 15.9. The number of hydrogen-bond acceptors (Lipinski definition) is 6. The molecular weight excluding hydrogens is 388 g/mol. The van der Waals surface area contributed by atoms with Gasteiger partial charge in [0.2, 0.25) is 0 Å². The summed E-state index contributed by atoms with van der Waals surface area (Å²) in [6.07, 6.45) is 0. The number of hydrogen-bond donors (Lipinski definition) is 3. The Morgan fingerprint density at radius 1 is 1.23 bits per heavy atom. The van der Waals surface area contributed by atoms with Gasteiger partial charge in [-0.25, -0.2) is 9.59 Å². The van der Waals surface area contributed by atoms with E-state index < -0.39 is 23.3 Å². The molecule has 4 N–H and O–H groups in total. The van der Waals surface area contributed by atoms with Crippen LogP contribution in [-0.4, -0.2) is 48.9 Å². The van der Waals surface area contributed by atoms with Gasteiger partial charge in [-0.1, -0.05) is 26.0 Å². The second kappa shape index (κ2) is 9.27. The summed E-state index contributed by atoms with van der Waals surface area (Å²) in [5, 5.41) is 0. The van der Waals surface area contributed by atoms with Crippen LogP contribution in [0.1, 0.15) is 41.4 Å². The number of H-pyrrole nitrogens is 1. The molecule has 0 spiro atoms. The van der Waals surface area contributed by atoms with Crippen LogP contribution < -0.4 is 21.9 Å². The van der Waals surface area contributed by atoms with Crippen LogP contribution in [0, 0.1) is 5.92 Å². The highest BCUT2D eigenvalue weighted by molar-refractivity contribution is 5.89. The highest BCUT2D eigenvalue weighted by atomic mass is 16.5. The maximum absolute atomic E-state index is 12.9. The van der Waals surface area contributed by atoms with Crippen LogP contribution in [0.4, 0.5) is 5.82 Å². The number of rotatable bonds is 6. The Morgan fingerprint density at radius 3 is 2.43 bits per heavy atom. The molecule has 0 saturated carbocycles. The number of methoxy groups -OCH3 is 1. The highest BCUT2D eigenvalue weighted by Gasteiger charge is 2.33. The quantitative estimate of drug-likeness (QED) is 0.549. The van der Waals surface area contributed by atoms with Gasteiger partial charge in [0.05, 0.1) is 25.9 Å². The summed E-state index contributed by atoms with van der Waals surface area (Å²) in [4.78, 5) is 40.6. The van der Waals surface area contributed by atoms with E-state index in [1.807, 2.05) is 13.8 Å². The molecule has 1 fully saturated rings. The first-order chi connectivity index (χ1) is 14.3. The molecule has 162 valence electrons. The van der Waals surface area contributed by atoms with Gasteiger partial charge >= 0.3 is 11.7 Å². The molecule has 2 heterocycles. The number of nitrogens with zero attached hydrogens (tertiary/aromatic N) is 1. The number of aromatic amines is 1. The van der Waals surface area contributed by atoms with Crippen LogP contribution in [0.15, 0.2) is 33.9 Å². The van der Waals surface area contributed by atoms with Gasteiger partial charge < -0.3 is 20.1 Å². The van der Waals surface area contributed by atoms with Gasteiger partial charge in [0, 0.05) is 12.1 Å². The number of quaternary nitrogens is 1. The number of nitrogens with two attached hydrogens (primary N) is 1. The highest BCUT2D eigenvalue weighted by Crippen LogP contribution is 2.22. The van der Waals surface area contributed by atoms with E-state index >= 15 is 0 Å². The Hall–Kier alpha value is -2.91. The summed E-state index contributed by atoms with van der Waals surface area (Å²) in [5.41, 5.74) is 7.01. The summed E-state index contributed by atoms with van der Waals surface area (Å²) >= 11 is 0. The third-order valence-corrected chi connectivity index (χ3v) is 5.32. The molecule has 9 heteroatoms. The first kappa shape index (κ1) is 21.8. The summed E-state index contributed by atoms with van der Waals surface area (Å²) in [6, 6.07) is 6.54. The fourth-order valence-electron chi connectivity index (χ4n) is 3.89. The van der Waals surface area contributed by atoms with Crippen LogP contribution >= 0.6 is 0 Å². The summed E-state index contributed by atoms with van der Waals surface area (Å²) in [6.45, 7) is 6.86. The van der Waals surface area contributed by atoms with E-state index in [-0.39, 0.29) is 11.7 Å². The van der Waals surface area contributed by atoms with Crippen LogP contribution in [0.25, 0.3) is 0 Å². The van der Waals surface area contributed by atoms with E-state index in [1.54, 1.807) is 24.3 Å². The molecule has 9 nitrogen and oxygen atoms in total. The van der Waals surface area contributed by atoms with Crippen molar-refractivity contribution in [3.8, 4) is 0 Å². The molecule has 1 atom stereocenters. The molecule has 1 aliphatic heterocycles. The van der Waals surface area contributed by atoms with Gasteiger partial charge in [0.25, 0.3) is 5.56 Å². The number of aromatic nitrogens is 2. The topological polar surface area (TPSA) is 121 Å². The van der Waals surface area contributed by atoms with E-state index in [9.17, 15) is 14.4 Å². The minimum Gasteiger partial charge on any atom is -0.465 e. The van der Waals surface area contributed by atoms with Crippen molar-refractivity contribution >= 4 is 11.8 Å². The van der Waals surface area contributed by atoms with E-state index in [0.717, 1.165) is 10.5 Å². The fraction of sp³-hybridized carbons (Fsp3) is 0.476. The van der Waals surface area contributed by atoms with Gasteiger partial charge in [0.15, 0.2) is 0 Å². The predicted molar refractivity (Wildman–Crippen MR) is 112 cm³/mol. The lowest BCUT2D eigenvalue weighted by Gasteiger charge is -2.32. The first-order valence-corrected chi connectivity index (χ1v) is 10.1. The molecule has 1 aromatic carbocycles. The third-order valence-electron chi connectivity index (χ3n) is 5.32. The second-order valence-corrected chi connectivity index (χ2v) is 7.88. The minimum atomic E-state index is -0.508. The number of anilines is 1. The summed E-state index contributed by atoms with van der Waals surface area (Å²) in [7, 11) is 1.33. The van der Waals surface area contributed by atoms with Crippen molar-refractivity contribution in [1.29, 1.82) is 0 Å². The second-order valence-electron chi connectivity index (χ2n) is 7.88. The molecule has 2 aromatic rings. The van der Waals surface area contributed by atoms with Crippen LogP contribution in [-0.2, 0) is 16.0 Å². The molecule has 1 aromatic heterocycles. The van der Waals surface area contributed by atoms with Crippen molar-refractivity contribution in [2.24, 2.45) is 5.92 Å². The smallest absolute Gasteiger partial charge is 0.337 e. The lowest BCUT2D eigenvalue weighted by Crippen LogP contribution is -3.14. The molecule has 1 aliphatic rings. The van der Waals surface area contributed by atoms with Crippen molar-refractivity contribution in [3.63, 3.8) is 0 Å². The Labute approximate surface area is 174 Å². The Morgan fingerprint density at radius 2 is 1.87 bits per heavy atom. The van der Waals surface area contributed by atoms with Gasteiger partial charge in [-0.05, 0) is 18.1 Å². The van der Waals surface area contributed by atoms with E-state index in [4.69, 9.17) is 15.2 Å². The monoisotopic (exact) mass is 417 g/mol. The van der Waals surface area contributed by atoms with Crippen molar-refractivity contribution in [2.75, 3.05) is 39.1 Å². The van der Waals surface area contributed by atoms with Gasteiger partial charge in [-0.3, -0.25) is 14.3 Å². The SMILES string of the molecule is COC(=O)c1ccc([C@H](c2c(N)n(CC(C)C)c(=O)[nH]c2=O)[NH+]2CCOCC2)cc1. The van der Waals surface area contributed by atoms with Crippen LogP contribution in [0.3, 0.4) is 0 Å². The standard InChI is InChI=1S/C21H28N4O5/c1-13(2)12-25-18(22)16(19(26)23-21(25)28)17(24-8-10-30-11-9-24)14-4-6-15(7-5-14)20(27)29-3/h4-7,13,17H,8-12,22H2,1-3H3,(H,23,26,28)/p+1/t17-/m1/s1. The summed E-state index contributed by atoms with van der Waals surface area (Å²) in [5.74, 6) is -0.0737. The zero-order chi connectivity index (χ0) is 21.8. The zero-order valence-corrected chi connectivity index (χ0v) is 17.6. The average Bonchev–Trinajstić information content (AvgIpc) is 2.74. The van der Waals surface area contributed by atoms with Gasteiger partial charge in [-0.2, -0.15) is 0 Å². The number of benzene rings is 1. The Bertz CT molecular complexity index is 1000. The maximum Gasteiger partial charge on any atom is 0.337 e. The average molecular weight is 417 g/mol.